The van der Waals surface area contributed by atoms with Crippen LogP contribution in [0.3, 0.4) is 0 Å². The van der Waals surface area contributed by atoms with Gasteiger partial charge >= 0.3 is 0 Å². The Hall–Kier alpha value is -2.19. The number of carbonyl (C=O) groups is 1. The Morgan fingerprint density at radius 3 is 2.71 bits per heavy atom. The van der Waals surface area contributed by atoms with E-state index in [-0.39, 0.29) is 17.6 Å². The third kappa shape index (κ3) is 5.97. The van der Waals surface area contributed by atoms with Crippen molar-refractivity contribution in [1.29, 1.82) is 0 Å². The molecule has 7 heteroatoms. The molecule has 35 heavy (non-hydrogen) atoms. The first kappa shape index (κ1) is 24.5. The second-order valence-corrected chi connectivity index (χ2v) is 11.4. The highest BCUT2D eigenvalue weighted by atomic mass is 79.9. The van der Waals surface area contributed by atoms with Crippen molar-refractivity contribution in [3.63, 3.8) is 0 Å². The van der Waals surface area contributed by atoms with Crippen LogP contribution in [0, 0.1) is 0 Å². The van der Waals surface area contributed by atoms with Crippen LogP contribution in [0.15, 0.2) is 69.8 Å². The van der Waals surface area contributed by atoms with Gasteiger partial charge in [-0.15, -0.1) is 0 Å². The molecule has 3 aromatic rings. The molecule has 0 bridgehead atoms. The minimum Gasteiger partial charge on any atom is -0.487 e. The van der Waals surface area contributed by atoms with Crippen molar-refractivity contribution in [2.75, 3.05) is 6.54 Å². The topological polar surface area (TPSA) is 70.6 Å². The van der Waals surface area contributed by atoms with E-state index in [0.717, 1.165) is 46.2 Å². The predicted octanol–water partition coefficient (Wildman–Crippen LogP) is 5.18. The van der Waals surface area contributed by atoms with Crippen LogP contribution in [-0.2, 0) is 17.6 Å². The summed E-state index contributed by atoms with van der Waals surface area (Å²) in [6.07, 6.45) is 4.36. The van der Waals surface area contributed by atoms with Gasteiger partial charge in [0.05, 0.1) is 18.6 Å². The summed E-state index contributed by atoms with van der Waals surface area (Å²) in [5, 5.41) is 21.9. The number of aliphatic hydroxyl groups is 1. The third-order valence-corrected chi connectivity index (χ3v) is 8.37. The minimum absolute atomic E-state index is 0.0721. The van der Waals surface area contributed by atoms with Crippen LogP contribution in [0.4, 0.5) is 0 Å². The molecule has 1 aromatic heterocycles. The summed E-state index contributed by atoms with van der Waals surface area (Å²) in [6.45, 7) is 0.378. The van der Waals surface area contributed by atoms with Crippen LogP contribution in [-0.4, -0.2) is 35.3 Å². The Morgan fingerprint density at radius 1 is 1.17 bits per heavy atom. The normalized spacial score (nSPS) is 19.8. The van der Waals surface area contributed by atoms with Gasteiger partial charge in [-0.2, -0.15) is 11.3 Å². The van der Waals surface area contributed by atoms with Gasteiger partial charge in [-0.25, -0.2) is 0 Å². The number of thiophene rings is 1. The van der Waals surface area contributed by atoms with E-state index in [9.17, 15) is 9.90 Å². The van der Waals surface area contributed by atoms with Crippen molar-refractivity contribution in [3.8, 4) is 5.75 Å². The van der Waals surface area contributed by atoms with Crippen molar-refractivity contribution in [2.45, 2.75) is 62.3 Å². The molecule has 1 aliphatic heterocycles. The number of rotatable bonds is 9. The molecule has 0 unspecified atom stereocenters. The Balaban J connectivity index is 1.28. The lowest BCUT2D eigenvalue weighted by Crippen LogP contribution is -2.52. The summed E-state index contributed by atoms with van der Waals surface area (Å²) in [5.41, 5.74) is 3.10. The van der Waals surface area contributed by atoms with Gasteiger partial charge in [0.25, 0.3) is 0 Å². The van der Waals surface area contributed by atoms with Gasteiger partial charge in [0.15, 0.2) is 0 Å². The zero-order chi connectivity index (χ0) is 24.3. The molecule has 0 saturated heterocycles. The lowest BCUT2D eigenvalue weighted by atomic mass is 9.73. The molecule has 1 amide bonds. The Labute approximate surface area is 219 Å². The number of carbonyl (C=O) groups excluding carboxylic acids is 1. The largest absolute Gasteiger partial charge is 0.487 e. The number of aliphatic hydroxyl groups excluding tert-OH is 1. The van der Waals surface area contributed by atoms with Gasteiger partial charge in [0.2, 0.25) is 5.91 Å². The second-order valence-electron chi connectivity index (χ2n) is 9.73. The predicted molar refractivity (Wildman–Crippen MR) is 143 cm³/mol. The number of nitrogens with one attached hydrogen (secondary N) is 2. The fourth-order valence-corrected chi connectivity index (χ4v) is 6.14. The first-order valence-corrected chi connectivity index (χ1v) is 14.0. The number of fused-ring (bicyclic) bond motifs is 1. The maximum absolute atomic E-state index is 12.8. The molecular formula is C28H31BrN2O3S. The molecule has 3 N–H and O–H groups in total. The van der Waals surface area contributed by atoms with Gasteiger partial charge in [0, 0.05) is 29.0 Å². The molecule has 1 fully saturated rings. The Kier molecular flexibility index (Phi) is 7.58. The molecular weight excluding hydrogens is 524 g/mol. The smallest absolute Gasteiger partial charge is 0.224 e. The molecule has 3 atom stereocenters. The number of halogens is 1. The van der Waals surface area contributed by atoms with E-state index < -0.39 is 12.1 Å². The van der Waals surface area contributed by atoms with E-state index in [4.69, 9.17) is 4.74 Å². The quantitative estimate of drug-likeness (QED) is 0.341. The highest BCUT2D eigenvalue weighted by Gasteiger charge is 2.45. The summed E-state index contributed by atoms with van der Waals surface area (Å²) < 4.78 is 7.41. The zero-order valence-corrected chi connectivity index (χ0v) is 22.0. The van der Waals surface area contributed by atoms with E-state index in [1.54, 1.807) is 11.3 Å². The van der Waals surface area contributed by atoms with Crippen LogP contribution in [0.1, 0.15) is 48.4 Å². The average Bonchev–Trinajstić information content (AvgIpc) is 3.34. The number of hydrogen-bond acceptors (Lipinski definition) is 5. The monoisotopic (exact) mass is 554 g/mol. The first-order valence-electron chi connectivity index (χ1n) is 12.2. The molecule has 1 spiro atoms. The molecule has 1 saturated carbocycles. The van der Waals surface area contributed by atoms with Crippen LogP contribution < -0.4 is 15.4 Å². The maximum atomic E-state index is 12.8. The van der Waals surface area contributed by atoms with Gasteiger partial charge in [0.1, 0.15) is 11.4 Å². The highest BCUT2D eigenvalue weighted by Crippen LogP contribution is 2.49. The standard InChI is InChI=1S/C28H31BrN2O3S/c29-21-7-8-26-22(15-21)24(16-28(34-26)10-4-11-28)30-17-25(32)23(13-19-5-2-1-3-6-19)31-27(33)14-20-9-12-35-18-20/h1-3,5-9,12,15,18,23-25,30,32H,4,10-11,13-14,16-17H2,(H,31,33)/t23-,24-,25+/m0/s1. The summed E-state index contributed by atoms with van der Waals surface area (Å²) in [7, 11) is 0. The molecule has 2 aliphatic rings. The zero-order valence-electron chi connectivity index (χ0n) is 19.6. The summed E-state index contributed by atoms with van der Waals surface area (Å²) in [4.78, 5) is 12.8. The van der Waals surface area contributed by atoms with E-state index in [0.29, 0.717) is 19.4 Å². The van der Waals surface area contributed by atoms with Crippen LogP contribution in [0.5, 0.6) is 5.75 Å². The molecule has 184 valence electrons. The number of benzene rings is 2. The lowest BCUT2D eigenvalue weighted by molar-refractivity contribution is -0.122. The van der Waals surface area contributed by atoms with Crippen LogP contribution in [0.2, 0.25) is 0 Å². The van der Waals surface area contributed by atoms with Crippen LogP contribution in [0.25, 0.3) is 0 Å². The van der Waals surface area contributed by atoms with Crippen molar-refractivity contribution < 1.29 is 14.6 Å². The van der Waals surface area contributed by atoms with Crippen LogP contribution >= 0.6 is 27.3 Å². The van der Waals surface area contributed by atoms with Crippen molar-refractivity contribution in [2.24, 2.45) is 0 Å². The highest BCUT2D eigenvalue weighted by molar-refractivity contribution is 9.10. The fraction of sp³-hybridized carbons (Fsp3) is 0.393. The lowest BCUT2D eigenvalue weighted by Gasteiger charge is -2.48. The van der Waals surface area contributed by atoms with Crippen molar-refractivity contribution >= 4 is 33.2 Å². The van der Waals surface area contributed by atoms with E-state index >= 15 is 0 Å². The average molecular weight is 556 g/mol. The van der Waals surface area contributed by atoms with Gasteiger partial charge in [-0.3, -0.25) is 4.79 Å². The van der Waals surface area contributed by atoms with E-state index in [1.807, 2.05) is 59.3 Å². The SMILES string of the molecule is O=C(Cc1ccsc1)N[C@@H](Cc1ccccc1)[C@H](O)CN[C@H]1CC2(CCC2)Oc2ccc(Br)cc21. The van der Waals surface area contributed by atoms with Crippen molar-refractivity contribution in [1.82, 2.24) is 10.6 Å². The first-order chi connectivity index (χ1) is 17.0. The van der Waals surface area contributed by atoms with Crippen molar-refractivity contribution in [3.05, 3.63) is 86.5 Å². The summed E-state index contributed by atoms with van der Waals surface area (Å²) >= 11 is 5.17. The van der Waals surface area contributed by atoms with Gasteiger partial charge in [-0.05, 0) is 71.8 Å². The Bertz CT molecular complexity index is 1130. The molecule has 5 nitrogen and oxygen atoms in total. The summed E-state index contributed by atoms with van der Waals surface area (Å²) in [5.74, 6) is 0.855. The molecule has 5 rings (SSSR count). The molecule has 0 radical (unpaired) electrons. The third-order valence-electron chi connectivity index (χ3n) is 7.14. The fourth-order valence-electron chi connectivity index (χ4n) is 5.09. The number of hydrogen-bond donors (Lipinski definition) is 3. The van der Waals surface area contributed by atoms with Gasteiger partial charge in [-0.1, -0.05) is 46.3 Å². The van der Waals surface area contributed by atoms with Gasteiger partial charge < -0.3 is 20.5 Å². The van der Waals surface area contributed by atoms with E-state index in [1.165, 1.54) is 6.42 Å². The summed E-state index contributed by atoms with van der Waals surface area (Å²) in [6, 6.07) is 17.8. The molecule has 1 aliphatic carbocycles. The second kappa shape index (κ2) is 10.8. The molecule has 2 aromatic carbocycles. The van der Waals surface area contributed by atoms with E-state index in [2.05, 4.69) is 32.6 Å². The maximum Gasteiger partial charge on any atom is 0.224 e. The molecule has 2 heterocycles. The number of ether oxygens (including phenoxy) is 1. The number of amides is 1. The Morgan fingerprint density at radius 2 is 2.00 bits per heavy atom. The minimum atomic E-state index is -0.739.